The van der Waals surface area contributed by atoms with Crippen LogP contribution in [0.2, 0.25) is 0 Å². The van der Waals surface area contributed by atoms with Crippen molar-refractivity contribution in [2.45, 2.75) is 9.32 Å². The molecule has 0 saturated heterocycles. The molecule has 2 N–H and O–H groups in total. The second-order valence-corrected chi connectivity index (χ2v) is 9.21. The maximum atomic E-state index is 12.5. The van der Waals surface area contributed by atoms with E-state index in [2.05, 4.69) is 27.9 Å². The fourth-order valence-corrected chi connectivity index (χ4v) is 5.01. The van der Waals surface area contributed by atoms with Crippen molar-refractivity contribution in [2.24, 2.45) is 0 Å². The van der Waals surface area contributed by atoms with Gasteiger partial charge in [0, 0.05) is 32.9 Å². The van der Waals surface area contributed by atoms with Gasteiger partial charge in [-0.15, -0.1) is 23.1 Å². The van der Waals surface area contributed by atoms with Crippen LogP contribution in [0.1, 0.15) is 30.5 Å². The van der Waals surface area contributed by atoms with E-state index in [1.807, 2.05) is 41.5 Å². The van der Waals surface area contributed by atoms with Crippen LogP contribution in [0.15, 0.2) is 47.4 Å². The van der Waals surface area contributed by atoms with Crippen LogP contribution >= 0.6 is 45.7 Å². The Morgan fingerprint density at radius 1 is 1.27 bits per heavy atom. The molecule has 9 heteroatoms. The third kappa shape index (κ3) is 5.64. The van der Waals surface area contributed by atoms with Crippen LogP contribution in [0.5, 0.6) is 0 Å². The first-order chi connectivity index (χ1) is 14.5. The summed E-state index contributed by atoms with van der Waals surface area (Å²) < 4.78 is 6.22. The number of amidine groups is 1. The molecule has 0 aliphatic carbocycles. The van der Waals surface area contributed by atoms with Crippen molar-refractivity contribution in [1.29, 1.82) is 5.41 Å². The van der Waals surface area contributed by atoms with Gasteiger partial charge in [0.2, 0.25) is 0 Å². The minimum absolute atomic E-state index is 0.0972. The van der Waals surface area contributed by atoms with E-state index in [1.54, 1.807) is 12.1 Å². The molecule has 2 heterocycles. The molecule has 1 aliphatic rings. The van der Waals surface area contributed by atoms with Crippen molar-refractivity contribution in [2.75, 3.05) is 32.5 Å². The summed E-state index contributed by atoms with van der Waals surface area (Å²) in [7, 11) is 0. The molecule has 0 bridgehead atoms. The molecule has 1 aliphatic heterocycles. The van der Waals surface area contributed by atoms with E-state index in [-0.39, 0.29) is 19.1 Å². The molecule has 3 rings (SSSR count). The summed E-state index contributed by atoms with van der Waals surface area (Å²) in [6.45, 7) is 1.81. The van der Waals surface area contributed by atoms with Gasteiger partial charge in [0.25, 0.3) is 5.91 Å². The lowest BCUT2D eigenvalue weighted by atomic mass is 10.1. The zero-order chi connectivity index (χ0) is 21.5. The predicted octanol–water partition coefficient (Wildman–Crippen LogP) is 4.19. The maximum absolute atomic E-state index is 12.5. The van der Waals surface area contributed by atoms with Crippen LogP contribution in [0.4, 0.5) is 0 Å². The van der Waals surface area contributed by atoms with Crippen molar-refractivity contribution in [3.05, 3.63) is 63.4 Å². The Morgan fingerprint density at radius 3 is 2.70 bits per heavy atom. The summed E-state index contributed by atoms with van der Waals surface area (Å²) in [4.78, 5) is 29.1. The smallest absolute Gasteiger partial charge is 0.339 e. The van der Waals surface area contributed by atoms with Gasteiger partial charge in [-0.25, -0.2) is 4.79 Å². The zero-order valence-electron chi connectivity index (χ0n) is 16.4. The number of esters is 1. The molecule has 2 aromatic rings. The number of ether oxygens (including phenoxy) is 1. The number of halogens is 1. The third-order valence-electron chi connectivity index (χ3n) is 4.47. The second kappa shape index (κ2) is 11.0. The van der Waals surface area contributed by atoms with Crippen molar-refractivity contribution < 1.29 is 14.3 Å². The first kappa shape index (κ1) is 22.8. The summed E-state index contributed by atoms with van der Waals surface area (Å²) in [5.41, 5.74) is 1.24. The molecule has 0 unspecified atom stereocenters. The molecule has 1 amide bonds. The molecular weight excluding hydrogens is 533 g/mol. The Hall–Kier alpha value is -1.85. The highest BCUT2D eigenvalue weighted by Crippen LogP contribution is 2.24. The number of alkyl halides is 1. The number of nitrogens with one attached hydrogen (secondary N) is 2. The minimum Gasteiger partial charge on any atom is -0.460 e. The number of carbonyl (C=O) groups excluding carboxylic acids is 2. The number of amides is 1. The van der Waals surface area contributed by atoms with Gasteiger partial charge in [0.05, 0.1) is 17.0 Å². The number of nitrogens with zero attached hydrogens (tertiary/aromatic N) is 1. The monoisotopic (exact) mass is 555 g/mol. The Balaban J connectivity index is 1.53. The van der Waals surface area contributed by atoms with Gasteiger partial charge in [0.15, 0.2) is 0 Å². The summed E-state index contributed by atoms with van der Waals surface area (Å²) in [5, 5.41) is 11.1. The molecule has 0 atom stereocenters. The van der Waals surface area contributed by atoms with Gasteiger partial charge in [0.1, 0.15) is 12.4 Å². The molecular formula is C21H22IN3O3S2. The molecule has 0 radical (unpaired) electrons. The summed E-state index contributed by atoms with van der Waals surface area (Å²) in [5.74, 6) is -0.147. The first-order valence-corrected chi connectivity index (χ1v) is 12.9. The quantitative estimate of drug-likeness (QED) is 0.0747. The molecule has 6 nitrogen and oxygen atoms in total. The molecule has 1 aromatic heterocycles. The highest BCUT2D eigenvalue weighted by Gasteiger charge is 2.18. The van der Waals surface area contributed by atoms with Gasteiger partial charge in [-0.05, 0) is 30.5 Å². The van der Waals surface area contributed by atoms with E-state index >= 15 is 0 Å². The Kier molecular flexibility index (Phi) is 8.34. The lowest BCUT2D eigenvalue weighted by Gasteiger charge is -2.19. The average molecular weight is 555 g/mol. The standard InChI is InChI=1S/C21H22IN3O3S2/c1-29-18-12-14(19(23)25-9-2-3-10-25)4-6-16(18)21(27)28-11-8-24-20(26)17-7-5-15(13-22)30-17/h2-7,12,23H,8-11,13H2,1H3,(H,24,26). The maximum Gasteiger partial charge on any atom is 0.339 e. The molecule has 30 heavy (non-hydrogen) atoms. The largest absolute Gasteiger partial charge is 0.460 e. The van der Waals surface area contributed by atoms with Gasteiger partial charge in [-0.3, -0.25) is 10.2 Å². The van der Waals surface area contributed by atoms with Crippen molar-refractivity contribution in [1.82, 2.24) is 10.2 Å². The van der Waals surface area contributed by atoms with E-state index < -0.39 is 5.97 Å². The molecule has 158 valence electrons. The van der Waals surface area contributed by atoms with Gasteiger partial charge in [-0.2, -0.15) is 0 Å². The van der Waals surface area contributed by atoms with E-state index in [1.165, 1.54) is 23.1 Å². The predicted molar refractivity (Wildman–Crippen MR) is 130 cm³/mol. The molecule has 0 spiro atoms. The molecule has 0 saturated carbocycles. The number of carbonyl (C=O) groups is 2. The number of thioether (sulfide) groups is 1. The average Bonchev–Trinajstić information content (AvgIpc) is 3.47. The SMILES string of the molecule is CSc1cc(C(=N)N2CC=CC2)ccc1C(=O)OCCNC(=O)c1ccc(CI)s1. The Morgan fingerprint density at radius 2 is 2.03 bits per heavy atom. The van der Waals surface area contributed by atoms with Crippen LogP contribution in [-0.2, 0) is 9.16 Å². The van der Waals surface area contributed by atoms with Crippen LogP contribution in [0.3, 0.4) is 0 Å². The fourth-order valence-electron chi connectivity index (χ4n) is 2.90. The summed E-state index contributed by atoms with van der Waals surface area (Å²) in [6.07, 6.45) is 5.97. The van der Waals surface area contributed by atoms with Gasteiger partial charge < -0.3 is 15.0 Å². The topological polar surface area (TPSA) is 82.5 Å². The van der Waals surface area contributed by atoms with E-state index in [9.17, 15) is 9.59 Å². The number of thiophene rings is 1. The summed E-state index contributed by atoms with van der Waals surface area (Å²) >= 11 is 5.17. The van der Waals surface area contributed by atoms with E-state index in [4.69, 9.17) is 10.1 Å². The number of hydrogen-bond acceptors (Lipinski definition) is 6. The van der Waals surface area contributed by atoms with Gasteiger partial charge in [-0.1, -0.05) is 40.8 Å². The number of hydrogen-bond donors (Lipinski definition) is 2. The highest BCUT2D eigenvalue weighted by molar-refractivity contribution is 14.1. The highest BCUT2D eigenvalue weighted by atomic mass is 127. The Labute approximate surface area is 197 Å². The van der Waals surface area contributed by atoms with Gasteiger partial charge >= 0.3 is 5.97 Å². The van der Waals surface area contributed by atoms with E-state index in [0.717, 1.165) is 32.9 Å². The van der Waals surface area contributed by atoms with Crippen LogP contribution in [-0.4, -0.2) is 55.1 Å². The Bertz CT molecular complexity index is 966. The van der Waals surface area contributed by atoms with Crippen LogP contribution in [0, 0.1) is 5.41 Å². The van der Waals surface area contributed by atoms with Crippen molar-refractivity contribution in [3.63, 3.8) is 0 Å². The minimum atomic E-state index is -0.433. The second-order valence-electron chi connectivity index (χ2n) is 6.43. The normalized spacial score (nSPS) is 12.8. The molecule has 1 aromatic carbocycles. The fraction of sp³-hybridized carbons (Fsp3) is 0.286. The number of rotatable bonds is 8. The zero-order valence-corrected chi connectivity index (χ0v) is 20.2. The van der Waals surface area contributed by atoms with Crippen molar-refractivity contribution in [3.8, 4) is 0 Å². The third-order valence-corrected chi connectivity index (χ3v) is 7.67. The van der Waals surface area contributed by atoms with Crippen LogP contribution < -0.4 is 5.32 Å². The molecule has 0 fully saturated rings. The number of benzene rings is 1. The lowest BCUT2D eigenvalue weighted by molar-refractivity contribution is 0.0499. The lowest BCUT2D eigenvalue weighted by Crippen LogP contribution is -2.28. The van der Waals surface area contributed by atoms with Crippen LogP contribution in [0.25, 0.3) is 0 Å². The first-order valence-electron chi connectivity index (χ1n) is 9.30. The summed E-state index contributed by atoms with van der Waals surface area (Å²) in [6, 6.07) is 9.09. The van der Waals surface area contributed by atoms with Crippen molar-refractivity contribution >= 4 is 63.4 Å². The van der Waals surface area contributed by atoms with E-state index in [0.29, 0.717) is 16.3 Å².